The number of hydrogen-bond acceptors (Lipinski definition) is 7. The number of nitrogens with zero attached hydrogens (tertiary/aromatic N) is 3. The van der Waals surface area contributed by atoms with Crippen molar-refractivity contribution in [2.45, 2.75) is 6.92 Å². The third-order valence-corrected chi connectivity index (χ3v) is 5.16. The van der Waals surface area contributed by atoms with Crippen molar-refractivity contribution in [2.24, 2.45) is 0 Å². The maximum absolute atomic E-state index is 13.2. The molecule has 0 spiro atoms. The summed E-state index contributed by atoms with van der Waals surface area (Å²) in [6, 6.07) is 8.77. The molecule has 4 N–H and O–H groups in total. The lowest BCUT2D eigenvalue weighted by atomic mass is 10.0. The molecule has 0 aliphatic carbocycles. The first-order chi connectivity index (χ1) is 14.0. The van der Waals surface area contributed by atoms with E-state index in [1.165, 1.54) is 0 Å². The van der Waals surface area contributed by atoms with Crippen LogP contribution in [0.3, 0.4) is 0 Å². The number of nitrogens with one attached hydrogen (secondary N) is 2. The first-order valence-electron chi connectivity index (χ1n) is 9.24. The molecule has 1 saturated heterocycles. The molecule has 9 heteroatoms. The number of H-pyrrole nitrogens is 1. The average molecular weight is 413 g/mol. The number of ether oxygens (including phenoxy) is 1. The van der Waals surface area contributed by atoms with Crippen molar-refractivity contribution < 1.29 is 9.53 Å². The number of carbonyl (C=O) groups excluding carboxylic acids is 1. The maximum atomic E-state index is 13.2. The minimum Gasteiger partial charge on any atom is -0.394 e. The summed E-state index contributed by atoms with van der Waals surface area (Å²) < 4.78 is 5.41. The lowest BCUT2D eigenvalue weighted by Crippen LogP contribution is -2.36. The Labute approximate surface area is 173 Å². The highest BCUT2D eigenvalue weighted by Crippen LogP contribution is 2.30. The molecular weight excluding hydrogens is 392 g/mol. The summed E-state index contributed by atoms with van der Waals surface area (Å²) in [6.45, 7) is 4.56. The number of morpholine rings is 1. The first kappa shape index (κ1) is 19.2. The van der Waals surface area contributed by atoms with E-state index in [0.29, 0.717) is 46.6 Å². The normalized spacial score (nSPS) is 14.1. The van der Waals surface area contributed by atoms with Crippen molar-refractivity contribution in [3.63, 3.8) is 0 Å². The number of anilines is 4. The molecule has 1 aliphatic heterocycles. The van der Waals surface area contributed by atoms with E-state index in [1.54, 1.807) is 30.5 Å². The summed E-state index contributed by atoms with van der Waals surface area (Å²) in [7, 11) is 0. The van der Waals surface area contributed by atoms with Gasteiger partial charge in [0.1, 0.15) is 5.82 Å². The summed E-state index contributed by atoms with van der Waals surface area (Å²) in [5, 5.41) is 10.6. The molecule has 1 fully saturated rings. The van der Waals surface area contributed by atoms with Crippen LogP contribution in [0.5, 0.6) is 0 Å². The molecular formula is C20H21ClN6O2. The minimum absolute atomic E-state index is 0.232. The molecule has 29 heavy (non-hydrogen) atoms. The number of aryl methyl sites for hydroxylation is 1. The van der Waals surface area contributed by atoms with Crippen LogP contribution in [0.25, 0.3) is 0 Å². The fraction of sp³-hybridized carbons (Fsp3) is 0.250. The molecule has 8 nitrogen and oxygen atoms in total. The van der Waals surface area contributed by atoms with Crippen molar-refractivity contribution in [3.05, 3.63) is 58.4 Å². The topological polar surface area (TPSA) is 109 Å². The van der Waals surface area contributed by atoms with E-state index < -0.39 is 0 Å². The van der Waals surface area contributed by atoms with E-state index in [0.717, 1.165) is 24.6 Å². The predicted octanol–water partition coefficient (Wildman–Crippen LogP) is 3.16. The lowest BCUT2D eigenvalue weighted by molar-refractivity contribution is 0.103. The number of benzene rings is 1. The SMILES string of the molecule is Cc1[nH]nc(Nc2cc(N3CCOCC3)ncc2C(=O)c2ccccc2Cl)c1N. The van der Waals surface area contributed by atoms with Gasteiger partial charge in [-0.05, 0) is 19.1 Å². The van der Waals surface area contributed by atoms with Crippen LogP contribution in [0.4, 0.5) is 23.0 Å². The number of carbonyl (C=O) groups is 1. The van der Waals surface area contributed by atoms with E-state index in [1.807, 2.05) is 13.0 Å². The van der Waals surface area contributed by atoms with Crippen LogP contribution in [-0.4, -0.2) is 47.3 Å². The van der Waals surface area contributed by atoms with Crippen molar-refractivity contribution in [3.8, 4) is 0 Å². The highest BCUT2D eigenvalue weighted by Gasteiger charge is 2.21. The number of aromatic amines is 1. The molecule has 3 heterocycles. The van der Waals surface area contributed by atoms with Crippen LogP contribution in [0.1, 0.15) is 21.6 Å². The second kappa shape index (κ2) is 8.10. The smallest absolute Gasteiger partial charge is 0.198 e. The zero-order chi connectivity index (χ0) is 20.4. The Bertz CT molecular complexity index is 1050. The molecule has 1 aliphatic rings. The van der Waals surface area contributed by atoms with Gasteiger partial charge in [-0.1, -0.05) is 23.7 Å². The summed E-state index contributed by atoms with van der Waals surface area (Å²) in [4.78, 5) is 19.8. The average Bonchev–Trinajstić information content (AvgIpc) is 3.06. The summed E-state index contributed by atoms with van der Waals surface area (Å²) in [5.74, 6) is 0.970. The highest BCUT2D eigenvalue weighted by molar-refractivity contribution is 6.35. The van der Waals surface area contributed by atoms with Crippen molar-refractivity contribution in [2.75, 3.05) is 42.3 Å². The maximum Gasteiger partial charge on any atom is 0.198 e. The fourth-order valence-electron chi connectivity index (χ4n) is 3.15. The molecule has 150 valence electrons. The number of ketones is 1. The molecule has 0 radical (unpaired) electrons. The molecule has 0 bridgehead atoms. The second-order valence-corrected chi connectivity index (χ2v) is 7.14. The van der Waals surface area contributed by atoms with E-state index in [2.05, 4.69) is 25.4 Å². The quantitative estimate of drug-likeness (QED) is 0.552. The largest absolute Gasteiger partial charge is 0.394 e. The van der Waals surface area contributed by atoms with Gasteiger partial charge < -0.3 is 20.7 Å². The van der Waals surface area contributed by atoms with Crippen LogP contribution in [0.2, 0.25) is 5.02 Å². The van der Waals surface area contributed by atoms with Gasteiger partial charge in [0, 0.05) is 30.9 Å². The van der Waals surface area contributed by atoms with Gasteiger partial charge in [0.05, 0.1) is 40.9 Å². The Kier molecular flexibility index (Phi) is 5.37. The standard InChI is InChI=1S/C20H21ClN6O2/c1-12-18(22)20(26-25-12)24-16-10-17(27-6-8-29-9-7-27)23-11-14(16)19(28)13-4-2-3-5-15(13)21/h2-5,10-11H,6-9,22H2,1H3,(H2,23,24,25,26). The van der Waals surface area contributed by atoms with Gasteiger partial charge in [-0.15, -0.1) is 0 Å². The summed E-state index contributed by atoms with van der Waals surface area (Å²) in [5.41, 5.74) is 8.67. The summed E-state index contributed by atoms with van der Waals surface area (Å²) in [6.07, 6.45) is 1.56. The van der Waals surface area contributed by atoms with Crippen molar-refractivity contribution in [1.82, 2.24) is 15.2 Å². The third-order valence-electron chi connectivity index (χ3n) is 4.84. The van der Waals surface area contributed by atoms with E-state index in [-0.39, 0.29) is 5.78 Å². The number of nitrogens with two attached hydrogens (primary N) is 1. The van der Waals surface area contributed by atoms with E-state index in [9.17, 15) is 4.79 Å². The van der Waals surface area contributed by atoms with Crippen molar-refractivity contribution >= 4 is 40.4 Å². The third kappa shape index (κ3) is 3.90. The minimum atomic E-state index is -0.232. The Hall–Kier alpha value is -3.10. The molecule has 0 amide bonds. The number of pyridine rings is 1. The van der Waals surface area contributed by atoms with Crippen LogP contribution < -0.4 is 16.0 Å². The highest BCUT2D eigenvalue weighted by atomic mass is 35.5. The molecule has 2 aromatic heterocycles. The first-order valence-corrected chi connectivity index (χ1v) is 9.62. The van der Waals surface area contributed by atoms with Crippen LogP contribution in [0.15, 0.2) is 36.5 Å². The Balaban J connectivity index is 1.76. The predicted molar refractivity (Wildman–Crippen MR) is 113 cm³/mol. The Morgan fingerprint density at radius 2 is 2.03 bits per heavy atom. The van der Waals surface area contributed by atoms with Gasteiger partial charge in [0.25, 0.3) is 0 Å². The van der Waals surface area contributed by atoms with Crippen LogP contribution in [0, 0.1) is 6.92 Å². The number of halogens is 1. The fourth-order valence-corrected chi connectivity index (χ4v) is 3.37. The van der Waals surface area contributed by atoms with Crippen molar-refractivity contribution in [1.29, 1.82) is 0 Å². The van der Waals surface area contributed by atoms with E-state index >= 15 is 0 Å². The molecule has 3 aromatic rings. The Morgan fingerprint density at radius 3 is 2.72 bits per heavy atom. The van der Waals surface area contributed by atoms with E-state index in [4.69, 9.17) is 22.1 Å². The molecule has 0 saturated carbocycles. The molecule has 1 aromatic carbocycles. The number of aromatic nitrogens is 3. The zero-order valence-electron chi connectivity index (χ0n) is 15.9. The number of nitrogen functional groups attached to an aromatic ring is 1. The van der Waals surface area contributed by atoms with Crippen LogP contribution >= 0.6 is 11.6 Å². The summed E-state index contributed by atoms with van der Waals surface area (Å²) >= 11 is 6.24. The van der Waals surface area contributed by atoms with Crippen LogP contribution in [-0.2, 0) is 4.74 Å². The van der Waals surface area contributed by atoms with Gasteiger partial charge in [-0.2, -0.15) is 5.10 Å². The number of rotatable bonds is 5. The molecule has 0 unspecified atom stereocenters. The van der Waals surface area contributed by atoms with Gasteiger partial charge in [0.15, 0.2) is 11.6 Å². The second-order valence-electron chi connectivity index (χ2n) is 6.73. The monoisotopic (exact) mass is 412 g/mol. The molecule has 4 rings (SSSR count). The number of hydrogen-bond donors (Lipinski definition) is 3. The van der Waals surface area contributed by atoms with Gasteiger partial charge in [-0.3, -0.25) is 9.89 Å². The van der Waals surface area contributed by atoms with Gasteiger partial charge >= 0.3 is 0 Å². The van der Waals surface area contributed by atoms with Gasteiger partial charge in [0.2, 0.25) is 0 Å². The Morgan fingerprint density at radius 1 is 1.28 bits per heavy atom. The molecule has 0 atom stereocenters. The lowest BCUT2D eigenvalue weighted by Gasteiger charge is -2.28. The zero-order valence-corrected chi connectivity index (χ0v) is 16.7. The van der Waals surface area contributed by atoms with Gasteiger partial charge in [-0.25, -0.2) is 4.98 Å².